The first-order chi connectivity index (χ1) is 15.1. The van der Waals surface area contributed by atoms with E-state index in [0.717, 1.165) is 17.7 Å². The molecule has 0 saturated carbocycles. The number of benzene rings is 3. The highest BCUT2D eigenvalue weighted by molar-refractivity contribution is 6.31. The van der Waals surface area contributed by atoms with Crippen LogP contribution >= 0.6 is 11.6 Å². The molecule has 166 valence electrons. The third-order valence-electron chi connectivity index (χ3n) is 4.71. The molecule has 1 unspecified atom stereocenters. The third-order valence-corrected chi connectivity index (χ3v) is 5.04. The van der Waals surface area contributed by atoms with E-state index in [-0.39, 0.29) is 11.3 Å². The van der Waals surface area contributed by atoms with Gasteiger partial charge >= 0.3 is 12.1 Å². The van der Waals surface area contributed by atoms with Crippen molar-refractivity contribution in [1.82, 2.24) is 0 Å². The number of carbonyl (C=O) groups excluding carboxylic acids is 2. The molecule has 0 radical (unpaired) electrons. The Balaban J connectivity index is 1.90. The molecule has 1 atom stereocenters. The summed E-state index contributed by atoms with van der Waals surface area (Å²) in [5.74, 6) is -1.52. The van der Waals surface area contributed by atoms with Gasteiger partial charge in [0.25, 0.3) is 5.91 Å². The van der Waals surface area contributed by atoms with Gasteiger partial charge < -0.3 is 10.1 Å². The van der Waals surface area contributed by atoms with E-state index in [1.165, 1.54) is 6.07 Å². The summed E-state index contributed by atoms with van der Waals surface area (Å²) in [6.07, 6.45) is -6.07. The minimum absolute atomic E-state index is 0.129. The zero-order valence-electron chi connectivity index (χ0n) is 17.2. The van der Waals surface area contributed by atoms with E-state index in [1.54, 1.807) is 55.5 Å². The van der Waals surface area contributed by atoms with Crippen molar-refractivity contribution in [3.8, 4) is 0 Å². The molecule has 0 heterocycles. The molecule has 0 aliphatic rings. The number of rotatable bonds is 5. The van der Waals surface area contributed by atoms with Crippen LogP contribution in [0.2, 0.25) is 5.02 Å². The fraction of sp³-hybridized carbons (Fsp3) is 0.167. The maximum absolute atomic E-state index is 13.1. The van der Waals surface area contributed by atoms with E-state index in [4.69, 9.17) is 16.3 Å². The lowest BCUT2D eigenvalue weighted by Gasteiger charge is -2.19. The van der Waals surface area contributed by atoms with Gasteiger partial charge in [-0.15, -0.1) is 0 Å². The summed E-state index contributed by atoms with van der Waals surface area (Å²) in [4.78, 5) is 25.7. The van der Waals surface area contributed by atoms with Crippen molar-refractivity contribution in [3.05, 3.63) is 99.6 Å². The van der Waals surface area contributed by atoms with Gasteiger partial charge in [0, 0.05) is 11.3 Å². The molecule has 4 nitrogen and oxygen atoms in total. The lowest BCUT2D eigenvalue weighted by molar-refractivity contribution is -0.137. The van der Waals surface area contributed by atoms with Crippen LogP contribution in [0.1, 0.15) is 38.7 Å². The number of amides is 1. The molecule has 3 aromatic rings. The van der Waals surface area contributed by atoms with Crippen LogP contribution in [0.4, 0.5) is 18.9 Å². The Bertz CT molecular complexity index is 1150. The fourth-order valence-electron chi connectivity index (χ4n) is 3.14. The van der Waals surface area contributed by atoms with Gasteiger partial charge in [0.1, 0.15) is 0 Å². The number of alkyl halides is 3. The second-order valence-electron chi connectivity index (χ2n) is 7.20. The highest BCUT2D eigenvalue weighted by Gasteiger charge is 2.34. The number of ether oxygens (including phenoxy) is 1. The first-order valence-electron chi connectivity index (χ1n) is 9.57. The molecular formula is C24H19ClF3NO3. The fourth-order valence-corrected chi connectivity index (χ4v) is 3.37. The normalized spacial score (nSPS) is 12.2. The average molecular weight is 462 g/mol. The van der Waals surface area contributed by atoms with Crippen molar-refractivity contribution in [1.29, 1.82) is 0 Å². The second-order valence-corrected chi connectivity index (χ2v) is 7.60. The molecular weight excluding hydrogens is 443 g/mol. The molecule has 0 bridgehead atoms. The summed E-state index contributed by atoms with van der Waals surface area (Å²) in [5, 5.41) is 1.90. The van der Waals surface area contributed by atoms with Gasteiger partial charge in [-0.05, 0) is 43.7 Å². The summed E-state index contributed by atoms with van der Waals surface area (Å²) in [7, 11) is 0. The van der Waals surface area contributed by atoms with E-state index in [2.05, 4.69) is 5.32 Å². The van der Waals surface area contributed by atoms with E-state index < -0.39 is 34.7 Å². The highest BCUT2D eigenvalue weighted by atomic mass is 35.5. The van der Waals surface area contributed by atoms with Crippen LogP contribution in [0.25, 0.3) is 0 Å². The Morgan fingerprint density at radius 2 is 1.66 bits per heavy atom. The summed E-state index contributed by atoms with van der Waals surface area (Å²) in [5.41, 5.74) is 1.08. The minimum Gasteiger partial charge on any atom is -0.444 e. The van der Waals surface area contributed by atoms with Crippen LogP contribution in [0.3, 0.4) is 0 Å². The lowest BCUT2D eigenvalue weighted by atomic mass is 10.1. The van der Waals surface area contributed by atoms with Crippen LogP contribution in [-0.4, -0.2) is 11.9 Å². The first kappa shape index (κ1) is 23.3. The van der Waals surface area contributed by atoms with Crippen LogP contribution in [0, 0.1) is 13.8 Å². The maximum Gasteiger partial charge on any atom is 0.417 e. The van der Waals surface area contributed by atoms with Crippen molar-refractivity contribution in [3.63, 3.8) is 0 Å². The van der Waals surface area contributed by atoms with Gasteiger partial charge in [-0.1, -0.05) is 59.6 Å². The van der Waals surface area contributed by atoms with Crippen molar-refractivity contribution < 1.29 is 27.5 Å². The van der Waals surface area contributed by atoms with Crippen molar-refractivity contribution in [2.45, 2.75) is 26.1 Å². The Hall–Kier alpha value is -3.32. The zero-order chi connectivity index (χ0) is 23.5. The van der Waals surface area contributed by atoms with Gasteiger partial charge in [-0.25, -0.2) is 4.79 Å². The molecule has 0 fully saturated rings. The topological polar surface area (TPSA) is 55.4 Å². The van der Waals surface area contributed by atoms with E-state index in [9.17, 15) is 22.8 Å². The average Bonchev–Trinajstić information content (AvgIpc) is 2.73. The standard InChI is InChI=1S/C24H19ClF3NO3/c1-14-8-10-18(15(2)12-14)23(31)32-21(16-6-4-3-5-7-16)22(30)29-17-9-11-20(25)19(13-17)24(26,27)28/h3-13,21H,1-2H3,(H,29,30). The number of esters is 1. The Kier molecular flexibility index (Phi) is 6.89. The van der Waals surface area contributed by atoms with Crippen LogP contribution in [-0.2, 0) is 15.7 Å². The maximum atomic E-state index is 13.1. The van der Waals surface area contributed by atoms with Crippen molar-refractivity contribution >= 4 is 29.2 Å². The van der Waals surface area contributed by atoms with E-state index in [1.807, 2.05) is 6.92 Å². The van der Waals surface area contributed by atoms with Crippen molar-refractivity contribution in [2.75, 3.05) is 5.32 Å². The summed E-state index contributed by atoms with van der Waals surface area (Å²) in [6.45, 7) is 3.62. The van der Waals surface area contributed by atoms with Gasteiger partial charge in [0.15, 0.2) is 0 Å². The minimum atomic E-state index is -4.69. The van der Waals surface area contributed by atoms with Crippen LogP contribution in [0.5, 0.6) is 0 Å². The zero-order valence-corrected chi connectivity index (χ0v) is 17.9. The molecule has 3 rings (SSSR count). The summed E-state index contributed by atoms with van der Waals surface area (Å²) >= 11 is 5.64. The predicted octanol–water partition coefficient (Wildman–Crippen LogP) is 6.51. The number of hydrogen-bond donors (Lipinski definition) is 1. The molecule has 0 aliphatic heterocycles. The highest BCUT2D eigenvalue weighted by Crippen LogP contribution is 2.36. The third kappa shape index (κ3) is 5.48. The first-order valence-corrected chi connectivity index (χ1v) is 9.95. The van der Waals surface area contributed by atoms with Gasteiger partial charge in [0.05, 0.1) is 16.1 Å². The van der Waals surface area contributed by atoms with Crippen molar-refractivity contribution in [2.24, 2.45) is 0 Å². The number of halogens is 4. The van der Waals surface area contributed by atoms with Gasteiger partial charge in [0.2, 0.25) is 6.10 Å². The predicted molar refractivity (Wildman–Crippen MR) is 116 cm³/mol. The molecule has 0 spiro atoms. The SMILES string of the molecule is Cc1ccc(C(=O)OC(C(=O)Nc2ccc(Cl)c(C(F)(F)F)c2)c2ccccc2)c(C)c1. The number of carbonyl (C=O) groups is 2. The smallest absolute Gasteiger partial charge is 0.417 e. The van der Waals surface area contributed by atoms with E-state index >= 15 is 0 Å². The van der Waals surface area contributed by atoms with Crippen LogP contribution < -0.4 is 5.32 Å². The number of nitrogens with one attached hydrogen (secondary N) is 1. The molecule has 0 aromatic heterocycles. The lowest BCUT2D eigenvalue weighted by Crippen LogP contribution is -2.26. The summed E-state index contributed by atoms with van der Waals surface area (Å²) in [6, 6.07) is 16.4. The molecule has 32 heavy (non-hydrogen) atoms. The molecule has 1 amide bonds. The van der Waals surface area contributed by atoms with Gasteiger partial charge in [-0.2, -0.15) is 13.2 Å². The van der Waals surface area contributed by atoms with E-state index in [0.29, 0.717) is 11.1 Å². The number of anilines is 1. The molecule has 1 N–H and O–H groups in total. The quantitative estimate of drug-likeness (QED) is 0.440. The largest absolute Gasteiger partial charge is 0.444 e. The Morgan fingerprint density at radius 3 is 2.28 bits per heavy atom. The molecule has 8 heteroatoms. The second kappa shape index (κ2) is 9.44. The monoisotopic (exact) mass is 461 g/mol. The number of hydrogen-bond acceptors (Lipinski definition) is 3. The number of aryl methyl sites for hydroxylation is 2. The molecule has 0 aliphatic carbocycles. The Labute approximate surface area is 188 Å². The molecule has 0 saturated heterocycles. The van der Waals surface area contributed by atoms with Gasteiger partial charge in [-0.3, -0.25) is 4.79 Å². The summed E-state index contributed by atoms with van der Waals surface area (Å²) < 4.78 is 44.9. The Morgan fingerprint density at radius 1 is 0.969 bits per heavy atom. The molecule has 3 aromatic carbocycles. The van der Waals surface area contributed by atoms with Crippen LogP contribution in [0.15, 0.2) is 66.7 Å².